The molecule has 1 aliphatic heterocycles. The fraction of sp³-hybridized carbons (Fsp3) is 0.355. The topological polar surface area (TPSA) is 166 Å². The molecule has 11 nitrogen and oxygen atoms in total. The molecule has 4 radical (unpaired) electrons. The summed E-state index contributed by atoms with van der Waals surface area (Å²) in [7, 11) is 1.62. The Labute approximate surface area is 283 Å². The van der Waals surface area contributed by atoms with E-state index in [4.69, 9.17) is 51.6 Å². The monoisotopic (exact) mass is 714 g/mol. The molecule has 0 saturated carbocycles. The third-order valence-corrected chi connectivity index (χ3v) is 4.75. The van der Waals surface area contributed by atoms with Crippen molar-refractivity contribution in [3.8, 4) is 5.75 Å². The summed E-state index contributed by atoms with van der Waals surface area (Å²) in [6, 6.07) is 17.3. The molecular formula is C31H29Co2FO11. The summed E-state index contributed by atoms with van der Waals surface area (Å²) < 4.78 is 87.7. The van der Waals surface area contributed by atoms with Crippen LogP contribution in [0.5, 0.6) is 5.75 Å². The van der Waals surface area contributed by atoms with Gasteiger partial charge in [-0.05, 0) is 43.2 Å². The van der Waals surface area contributed by atoms with Gasteiger partial charge < -0.3 is 23.7 Å². The van der Waals surface area contributed by atoms with Crippen LogP contribution in [0.3, 0.4) is 0 Å². The van der Waals surface area contributed by atoms with Crippen molar-refractivity contribution in [2.75, 3.05) is 20.3 Å². The molecule has 2 aromatic rings. The Morgan fingerprint density at radius 3 is 1.71 bits per heavy atom. The minimum atomic E-state index is -1.50. The van der Waals surface area contributed by atoms with Gasteiger partial charge in [-0.15, -0.1) is 0 Å². The van der Waals surface area contributed by atoms with E-state index in [9.17, 15) is 4.39 Å². The van der Waals surface area contributed by atoms with Crippen LogP contribution in [-0.4, -0.2) is 44.5 Å². The first-order valence-electron chi connectivity index (χ1n) is 11.5. The number of rotatable bonds is 11. The van der Waals surface area contributed by atoms with Gasteiger partial charge in [0.15, 0.2) is 12.0 Å². The van der Waals surface area contributed by atoms with Gasteiger partial charge in [0.1, 0.15) is 18.0 Å². The van der Waals surface area contributed by atoms with E-state index in [1.54, 1.807) is 21.0 Å². The van der Waals surface area contributed by atoms with E-state index in [2.05, 4.69) is 52.1 Å². The molecule has 244 valence electrons. The number of halogens is 1. The Kier molecular flexibility index (Phi) is 47.7. The maximum absolute atomic E-state index is 14.8. The van der Waals surface area contributed by atoms with Gasteiger partial charge in [-0.1, -0.05) is 42.5 Å². The summed E-state index contributed by atoms with van der Waals surface area (Å²) in [5.74, 6) is -0.102. The van der Waals surface area contributed by atoms with Crippen molar-refractivity contribution >= 4 is 0 Å². The molecule has 3 rings (SSSR count). The van der Waals surface area contributed by atoms with Crippen LogP contribution in [-0.2, 0) is 93.6 Å². The Bertz CT molecular complexity index is 1040. The van der Waals surface area contributed by atoms with Crippen LogP contribution in [0.25, 0.3) is 0 Å². The molecule has 45 heavy (non-hydrogen) atoms. The summed E-state index contributed by atoms with van der Waals surface area (Å²) in [5.41, 5.74) is 2.03. The van der Waals surface area contributed by atoms with Crippen LogP contribution in [0.4, 0.5) is 4.39 Å². The van der Waals surface area contributed by atoms with E-state index in [1.807, 2.05) is 54.6 Å². The van der Waals surface area contributed by atoms with Crippen molar-refractivity contribution in [2.45, 2.75) is 51.2 Å². The number of benzene rings is 2. The summed E-state index contributed by atoms with van der Waals surface area (Å²) >= 11 is 0. The molecule has 14 heteroatoms. The van der Waals surface area contributed by atoms with Gasteiger partial charge in [0.05, 0.1) is 33.5 Å². The zero-order chi connectivity index (χ0) is 34.1. The first-order valence-corrected chi connectivity index (χ1v) is 11.5. The fourth-order valence-electron chi connectivity index (χ4n) is 3.27. The molecule has 0 aliphatic carbocycles. The molecule has 0 unspecified atom stereocenters. The van der Waals surface area contributed by atoms with Crippen LogP contribution in [0.15, 0.2) is 54.6 Å². The molecule has 0 bridgehead atoms. The summed E-state index contributed by atoms with van der Waals surface area (Å²) in [4.78, 5) is 0. The number of methoxy groups -OCH3 is 1. The summed E-state index contributed by atoms with van der Waals surface area (Å²) in [5, 5.41) is 0. The molecular weight excluding hydrogens is 685 g/mol. The normalized spacial score (nSPS) is 15.0. The number of alkyl halides is 1. The number of hydrogen-bond acceptors (Lipinski definition) is 5. The van der Waals surface area contributed by atoms with E-state index in [1.165, 1.54) is 0 Å². The average molecular weight is 714 g/mol. The van der Waals surface area contributed by atoms with Crippen LogP contribution in [0.1, 0.15) is 25.0 Å². The quantitative estimate of drug-likeness (QED) is 0.193. The molecule has 0 N–H and O–H groups in total. The average Bonchev–Trinajstić information content (AvgIpc) is 3.41. The second-order valence-corrected chi connectivity index (χ2v) is 7.70. The second-order valence-electron chi connectivity index (χ2n) is 7.70. The van der Waals surface area contributed by atoms with Crippen molar-refractivity contribution in [1.29, 1.82) is 0 Å². The summed E-state index contributed by atoms with van der Waals surface area (Å²) in [6.45, 7) is 31.7. The van der Waals surface area contributed by atoms with Crippen LogP contribution in [0, 0.1) is 52.1 Å². The predicted octanol–water partition coefficient (Wildman–Crippen LogP) is 4.22. The van der Waals surface area contributed by atoms with Gasteiger partial charge >= 0.3 is 67.8 Å². The zero-order valence-electron chi connectivity index (χ0n) is 24.3. The maximum Gasteiger partial charge on any atom is 0 e. The third-order valence-electron chi connectivity index (χ3n) is 4.75. The maximum atomic E-state index is 14.8. The first-order chi connectivity index (χ1) is 21.0. The number of ether oxygens (including phenoxy) is 5. The van der Waals surface area contributed by atoms with Gasteiger partial charge in [-0.3, -0.25) is 0 Å². The smallest absolute Gasteiger partial charge is 0 e. The third kappa shape index (κ3) is 26.2. The van der Waals surface area contributed by atoms with E-state index >= 15 is 0 Å². The van der Waals surface area contributed by atoms with E-state index in [0.717, 1.165) is 16.9 Å². The predicted molar refractivity (Wildman–Crippen MR) is 138 cm³/mol. The molecule has 2 aromatic carbocycles. The molecule has 1 saturated heterocycles. The van der Waals surface area contributed by atoms with Gasteiger partial charge in [0.2, 0.25) is 0 Å². The van der Waals surface area contributed by atoms with Crippen LogP contribution >= 0.6 is 0 Å². The molecule has 0 aromatic heterocycles. The van der Waals surface area contributed by atoms with Crippen LogP contribution in [0.2, 0.25) is 0 Å². The van der Waals surface area contributed by atoms with Gasteiger partial charge in [0.25, 0.3) is 0 Å². The van der Waals surface area contributed by atoms with Crippen molar-refractivity contribution in [1.82, 2.24) is 0 Å². The number of hydrogen-bond donors (Lipinski definition) is 0. The van der Waals surface area contributed by atoms with Crippen LogP contribution < -0.4 is 4.74 Å². The Hall–Kier alpha value is -2.80. The molecule has 3 atom stereocenters. The van der Waals surface area contributed by atoms with E-state index in [0.29, 0.717) is 13.2 Å². The first kappa shape index (κ1) is 54.7. The Balaban J connectivity index is -0.000000243. The summed E-state index contributed by atoms with van der Waals surface area (Å²) in [6.07, 6.45) is 2.46. The Morgan fingerprint density at radius 1 is 0.756 bits per heavy atom. The van der Waals surface area contributed by atoms with E-state index < -0.39 is 24.2 Å². The molecule has 1 fully saturated rings. The molecule has 0 amide bonds. The largest absolute Gasteiger partial charge is 0 e. The minimum absolute atomic E-state index is 0. The SMILES string of the molecule is COc1ccc(COC[C]=[C][C@H](F)[C@@H]2OC(C)(C)O[C@H]2COCc2ccccc2)cc1.[C-]#[O+].[C-]#[O+].[C-]#[O+].[C-]#[O+].[C-]#[O+].[C-]#[O+].[Co].[Co]. The van der Waals surface area contributed by atoms with Crippen molar-refractivity contribution in [2.24, 2.45) is 0 Å². The standard InChI is InChI=1S/C25H29FO5.6CO.2Co/c1-25(2)30-23(18-29-17-19-8-5-4-6-9-19)24(31-25)22(26)10-7-15-28-16-20-11-13-21(27-3)14-12-20;6*1-2;;/h4-6,8-9,11-14,22-24H,15-18H2,1-3H3;;;;;;;;/t22-,23-,24-;;;;;;;;/m0......../s1. The Morgan fingerprint density at radius 2 is 1.22 bits per heavy atom. The van der Waals surface area contributed by atoms with Crippen molar-refractivity contribution in [3.05, 3.63) is 118 Å². The van der Waals surface area contributed by atoms with Crippen molar-refractivity contribution < 1.29 is 89.5 Å². The van der Waals surface area contributed by atoms with Gasteiger partial charge in [-0.2, -0.15) is 0 Å². The van der Waals surface area contributed by atoms with E-state index in [-0.39, 0.29) is 46.8 Å². The molecule has 1 aliphatic rings. The minimum Gasteiger partial charge on any atom is 0 e. The fourth-order valence-corrected chi connectivity index (χ4v) is 3.27. The molecule has 0 spiro atoms. The van der Waals surface area contributed by atoms with Gasteiger partial charge in [0, 0.05) is 39.6 Å². The molecule has 1 heterocycles. The van der Waals surface area contributed by atoms with Gasteiger partial charge in [-0.25, -0.2) is 4.39 Å². The zero-order valence-corrected chi connectivity index (χ0v) is 26.4. The second kappa shape index (κ2) is 39.2. The van der Waals surface area contributed by atoms with Crippen molar-refractivity contribution in [3.63, 3.8) is 0 Å².